The quantitative estimate of drug-likeness (QED) is 0.709. The molecule has 14 heavy (non-hydrogen) atoms. The Labute approximate surface area is 85.4 Å². The van der Waals surface area contributed by atoms with E-state index < -0.39 is 0 Å². The molecule has 1 atom stereocenters. The monoisotopic (exact) mass is 185 g/mol. The minimum absolute atomic E-state index is 0.140. The van der Waals surface area contributed by atoms with Crippen molar-refractivity contribution < 1.29 is 0 Å². The van der Waals surface area contributed by atoms with E-state index in [1.165, 1.54) is 24.0 Å². The first kappa shape index (κ1) is 9.27. The van der Waals surface area contributed by atoms with Crippen LogP contribution in [0.2, 0.25) is 0 Å². The lowest BCUT2D eigenvalue weighted by atomic mass is 9.95. The minimum atomic E-state index is 0.140. The summed E-state index contributed by atoms with van der Waals surface area (Å²) in [4.78, 5) is 0. The predicted molar refractivity (Wildman–Crippen MR) is 56.9 cm³/mol. The average Bonchev–Trinajstić information content (AvgIpc) is 3.04. The second-order valence-electron chi connectivity index (χ2n) is 4.04. The maximum Gasteiger partial charge on any atom is 0.0740 e. The van der Waals surface area contributed by atoms with Gasteiger partial charge in [-0.2, -0.15) is 5.26 Å². The molecule has 0 radical (unpaired) electrons. The van der Waals surface area contributed by atoms with Crippen LogP contribution in [-0.4, -0.2) is 0 Å². The molecule has 0 spiro atoms. The normalized spacial score (nSPS) is 17.4. The Morgan fingerprint density at radius 2 is 2.00 bits per heavy atom. The lowest BCUT2D eigenvalue weighted by Gasteiger charge is -2.07. The summed E-state index contributed by atoms with van der Waals surface area (Å²) in [6, 6.07) is 10.9. The van der Waals surface area contributed by atoms with Gasteiger partial charge in [-0.25, -0.2) is 0 Å². The van der Waals surface area contributed by atoms with Crippen molar-refractivity contribution in [1.29, 1.82) is 5.26 Å². The van der Waals surface area contributed by atoms with Crippen LogP contribution in [0.1, 0.15) is 36.8 Å². The largest absolute Gasteiger partial charge is 0.198 e. The van der Waals surface area contributed by atoms with Gasteiger partial charge in [0.05, 0.1) is 12.0 Å². The molecule has 72 valence electrons. The summed E-state index contributed by atoms with van der Waals surface area (Å²) in [6.45, 7) is 2.15. The topological polar surface area (TPSA) is 23.8 Å². The van der Waals surface area contributed by atoms with Gasteiger partial charge < -0.3 is 0 Å². The number of hydrogen-bond acceptors (Lipinski definition) is 1. The Kier molecular flexibility index (Phi) is 2.54. The van der Waals surface area contributed by atoms with Gasteiger partial charge in [0.1, 0.15) is 0 Å². The molecule has 2 rings (SSSR count). The van der Waals surface area contributed by atoms with Crippen molar-refractivity contribution in [2.45, 2.75) is 32.1 Å². The molecule has 0 aliphatic heterocycles. The number of rotatable bonds is 3. The van der Waals surface area contributed by atoms with Gasteiger partial charge in [-0.3, -0.25) is 0 Å². The summed E-state index contributed by atoms with van der Waals surface area (Å²) in [5.74, 6) is 0.772. The summed E-state index contributed by atoms with van der Waals surface area (Å²) in [5.41, 5.74) is 2.55. The second-order valence-corrected chi connectivity index (χ2v) is 4.04. The van der Waals surface area contributed by atoms with Crippen molar-refractivity contribution in [3.05, 3.63) is 35.4 Å². The Morgan fingerprint density at radius 3 is 2.43 bits per heavy atom. The van der Waals surface area contributed by atoms with E-state index in [0.29, 0.717) is 5.92 Å². The Bertz CT molecular complexity index is 340. The van der Waals surface area contributed by atoms with Gasteiger partial charge in [0, 0.05) is 0 Å². The van der Waals surface area contributed by atoms with Crippen molar-refractivity contribution in [1.82, 2.24) is 0 Å². The zero-order valence-corrected chi connectivity index (χ0v) is 8.53. The average molecular weight is 185 g/mol. The molecule has 1 heteroatoms. The van der Waals surface area contributed by atoms with Crippen LogP contribution >= 0.6 is 0 Å². The van der Waals surface area contributed by atoms with Crippen LogP contribution in [0.25, 0.3) is 0 Å². The van der Waals surface area contributed by atoms with E-state index in [1.54, 1.807) is 0 Å². The highest BCUT2D eigenvalue weighted by atomic mass is 14.4. The highest BCUT2D eigenvalue weighted by Crippen LogP contribution is 2.42. The van der Waals surface area contributed by atoms with E-state index in [-0.39, 0.29) is 5.92 Å². The first-order valence-electron chi connectivity index (χ1n) is 5.33. The first-order chi connectivity index (χ1) is 6.85. The molecule has 1 aliphatic carbocycles. The Hall–Kier alpha value is -1.29. The molecule has 0 heterocycles. The molecule has 0 aromatic heterocycles. The van der Waals surface area contributed by atoms with E-state index in [9.17, 15) is 0 Å². The van der Waals surface area contributed by atoms with Crippen molar-refractivity contribution in [2.24, 2.45) is 5.92 Å². The van der Waals surface area contributed by atoms with Crippen LogP contribution in [0.15, 0.2) is 24.3 Å². The fourth-order valence-electron chi connectivity index (χ4n) is 1.84. The number of benzene rings is 1. The summed E-state index contributed by atoms with van der Waals surface area (Å²) in [6.07, 6.45) is 3.53. The molecule has 1 aliphatic rings. The summed E-state index contributed by atoms with van der Waals surface area (Å²) >= 11 is 0. The van der Waals surface area contributed by atoms with Gasteiger partial charge in [0.15, 0.2) is 0 Å². The molecule has 1 unspecified atom stereocenters. The van der Waals surface area contributed by atoms with E-state index in [1.807, 2.05) is 0 Å². The Morgan fingerprint density at radius 1 is 1.36 bits per heavy atom. The zero-order valence-electron chi connectivity index (χ0n) is 8.53. The molecule has 1 nitrogen and oxygen atoms in total. The molecule has 1 fully saturated rings. The lowest BCUT2D eigenvalue weighted by Crippen LogP contribution is -1.97. The standard InChI is InChI=1S/C13H15N/c1-2-10-3-5-11(6-4-10)13(9-14)12-7-8-12/h3-6,12-13H,2,7-8H2,1H3. The van der Waals surface area contributed by atoms with E-state index >= 15 is 0 Å². The van der Waals surface area contributed by atoms with Crippen LogP contribution in [-0.2, 0) is 6.42 Å². The molecular weight excluding hydrogens is 170 g/mol. The highest BCUT2D eigenvalue weighted by Gasteiger charge is 2.32. The molecule has 0 saturated heterocycles. The highest BCUT2D eigenvalue weighted by molar-refractivity contribution is 5.30. The molecule has 1 aromatic rings. The van der Waals surface area contributed by atoms with Gasteiger partial charge in [-0.1, -0.05) is 31.2 Å². The molecular formula is C13H15N. The fraction of sp³-hybridized carbons (Fsp3) is 0.462. The fourth-order valence-corrected chi connectivity index (χ4v) is 1.84. The third kappa shape index (κ3) is 1.80. The van der Waals surface area contributed by atoms with Crippen LogP contribution < -0.4 is 0 Å². The van der Waals surface area contributed by atoms with Gasteiger partial charge in [-0.05, 0) is 36.3 Å². The van der Waals surface area contributed by atoms with Crippen LogP contribution in [0.3, 0.4) is 0 Å². The molecule has 0 amide bonds. The van der Waals surface area contributed by atoms with Crippen molar-refractivity contribution in [3.8, 4) is 6.07 Å². The summed E-state index contributed by atoms with van der Waals surface area (Å²) < 4.78 is 0. The summed E-state index contributed by atoms with van der Waals surface area (Å²) in [5, 5.41) is 9.07. The van der Waals surface area contributed by atoms with Crippen molar-refractivity contribution >= 4 is 0 Å². The van der Waals surface area contributed by atoms with Crippen molar-refractivity contribution in [2.75, 3.05) is 0 Å². The first-order valence-corrected chi connectivity index (χ1v) is 5.33. The third-order valence-electron chi connectivity index (χ3n) is 2.98. The van der Waals surface area contributed by atoms with Gasteiger partial charge in [0.2, 0.25) is 0 Å². The van der Waals surface area contributed by atoms with Crippen LogP contribution in [0, 0.1) is 17.2 Å². The lowest BCUT2D eigenvalue weighted by molar-refractivity contribution is 0.739. The van der Waals surface area contributed by atoms with E-state index in [2.05, 4.69) is 37.3 Å². The third-order valence-corrected chi connectivity index (χ3v) is 2.98. The molecule has 0 N–H and O–H groups in total. The van der Waals surface area contributed by atoms with E-state index in [0.717, 1.165) is 6.42 Å². The van der Waals surface area contributed by atoms with Crippen molar-refractivity contribution in [3.63, 3.8) is 0 Å². The van der Waals surface area contributed by atoms with Gasteiger partial charge in [0.25, 0.3) is 0 Å². The second kappa shape index (κ2) is 3.84. The van der Waals surface area contributed by atoms with Gasteiger partial charge >= 0.3 is 0 Å². The predicted octanol–water partition coefficient (Wildman–Crippen LogP) is 3.27. The number of nitrogens with zero attached hydrogens (tertiary/aromatic N) is 1. The Balaban J connectivity index is 2.18. The van der Waals surface area contributed by atoms with E-state index in [4.69, 9.17) is 5.26 Å². The molecule has 0 bridgehead atoms. The van der Waals surface area contributed by atoms with Crippen LogP contribution in [0.4, 0.5) is 0 Å². The number of hydrogen-bond donors (Lipinski definition) is 0. The number of nitriles is 1. The maximum absolute atomic E-state index is 9.07. The zero-order chi connectivity index (χ0) is 9.97. The minimum Gasteiger partial charge on any atom is -0.198 e. The SMILES string of the molecule is CCc1ccc(C(C#N)C2CC2)cc1. The molecule has 1 aromatic carbocycles. The van der Waals surface area contributed by atoms with Gasteiger partial charge in [-0.15, -0.1) is 0 Å². The molecule has 1 saturated carbocycles. The van der Waals surface area contributed by atoms with Crippen LogP contribution in [0.5, 0.6) is 0 Å². The maximum atomic E-state index is 9.07. The summed E-state index contributed by atoms with van der Waals surface area (Å²) in [7, 11) is 0. The smallest absolute Gasteiger partial charge is 0.0740 e. The number of aryl methyl sites for hydroxylation is 1.